The van der Waals surface area contributed by atoms with Crippen molar-refractivity contribution in [3.05, 3.63) is 0 Å². The lowest BCUT2D eigenvalue weighted by molar-refractivity contribution is 0.405. The lowest BCUT2D eigenvalue weighted by Gasteiger charge is -2.19. The number of unbranched alkanes of at least 4 members (excludes halogenated alkanes) is 22. The number of nitrogens with one attached hydrogen (secondary N) is 1. The minimum Gasteiger partial charge on any atom is -0.314 e. The van der Waals surface area contributed by atoms with Gasteiger partial charge < -0.3 is 5.32 Å². The summed E-state index contributed by atoms with van der Waals surface area (Å²) in [4.78, 5) is 0. The molecule has 0 aliphatic rings. The standard InChI is InChI=1S/C32H67N/c1-4-7-10-13-16-18-19-21-24-27-30-32(29-26-23-20-15-12-9-6-3)33-31-28-25-22-17-14-11-8-5-2/h32-33H,4-31H2,1-3H3. The van der Waals surface area contributed by atoms with E-state index in [1.54, 1.807) is 0 Å². The Morgan fingerprint density at radius 1 is 0.333 bits per heavy atom. The van der Waals surface area contributed by atoms with Crippen molar-refractivity contribution in [3.63, 3.8) is 0 Å². The average molecular weight is 466 g/mol. The molecule has 0 fully saturated rings. The Morgan fingerprint density at radius 3 is 0.939 bits per heavy atom. The molecule has 0 saturated carbocycles. The molecule has 1 atom stereocenters. The molecule has 0 radical (unpaired) electrons. The van der Waals surface area contributed by atoms with E-state index in [4.69, 9.17) is 0 Å². The molecule has 0 aromatic rings. The summed E-state index contributed by atoms with van der Waals surface area (Å²) in [5.41, 5.74) is 0. The third-order valence-electron chi connectivity index (χ3n) is 7.53. The van der Waals surface area contributed by atoms with Crippen LogP contribution < -0.4 is 5.32 Å². The summed E-state index contributed by atoms with van der Waals surface area (Å²) in [6.45, 7) is 8.19. The maximum atomic E-state index is 3.97. The summed E-state index contributed by atoms with van der Waals surface area (Å²) in [6.07, 6.45) is 38.9. The summed E-state index contributed by atoms with van der Waals surface area (Å²) in [7, 11) is 0. The molecule has 200 valence electrons. The van der Waals surface area contributed by atoms with E-state index in [1.165, 1.54) is 180 Å². The topological polar surface area (TPSA) is 12.0 Å². The SMILES string of the molecule is CCCCCCCCCCCCC(CCCCCCCCC)NCCCCCCCCCC. The first-order valence-corrected chi connectivity index (χ1v) is 16.1. The van der Waals surface area contributed by atoms with Gasteiger partial charge in [0, 0.05) is 6.04 Å². The van der Waals surface area contributed by atoms with Crippen LogP contribution in [0.3, 0.4) is 0 Å². The maximum absolute atomic E-state index is 3.97. The third kappa shape index (κ3) is 28.1. The van der Waals surface area contributed by atoms with Gasteiger partial charge in [-0.3, -0.25) is 0 Å². The fourth-order valence-corrected chi connectivity index (χ4v) is 5.14. The molecule has 0 heterocycles. The zero-order chi connectivity index (χ0) is 24.1. The van der Waals surface area contributed by atoms with Crippen LogP contribution in [0.25, 0.3) is 0 Å². The number of hydrogen-bond donors (Lipinski definition) is 1. The van der Waals surface area contributed by atoms with Crippen molar-refractivity contribution in [3.8, 4) is 0 Å². The molecule has 0 saturated heterocycles. The average Bonchev–Trinajstić information content (AvgIpc) is 2.83. The van der Waals surface area contributed by atoms with Gasteiger partial charge in [0.25, 0.3) is 0 Å². The molecular weight excluding hydrogens is 398 g/mol. The summed E-state index contributed by atoms with van der Waals surface area (Å²) in [5.74, 6) is 0. The predicted octanol–water partition coefficient (Wildman–Crippen LogP) is 11.5. The van der Waals surface area contributed by atoms with Gasteiger partial charge in [0.2, 0.25) is 0 Å². The van der Waals surface area contributed by atoms with Gasteiger partial charge in [-0.25, -0.2) is 0 Å². The highest BCUT2D eigenvalue weighted by molar-refractivity contribution is 4.68. The van der Waals surface area contributed by atoms with E-state index in [-0.39, 0.29) is 0 Å². The molecule has 1 N–H and O–H groups in total. The molecule has 0 aromatic heterocycles. The first-order valence-electron chi connectivity index (χ1n) is 16.1. The van der Waals surface area contributed by atoms with Crippen LogP contribution in [0.5, 0.6) is 0 Å². The summed E-state index contributed by atoms with van der Waals surface area (Å²) in [5, 5.41) is 3.97. The fraction of sp³-hybridized carbons (Fsp3) is 1.00. The molecular formula is C32H67N. The molecule has 0 aliphatic heterocycles. The largest absolute Gasteiger partial charge is 0.314 e. The predicted molar refractivity (Wildman–Crippen MR) is 153 cm³/mol. The smallest absolute Gasteiger partial charge is 0.00670 e. The third-order valence-corrected chi connectivity index (χ3v) is 7.53. The van der Waals surface area contributed by atoms with E-state index >= 15 is 0 Å². The van der Waals surface area contributed by atoms with E-state index in [1.807, 2.05) is 0 Å². The Bertz CT molecular complexity index is 326. The zero-order valence-electron chi connectivity index (χ0n) is 23.9. The van der Waals surface area contributed by atoms with Crippen molar-refractivity contribution >= 4 is 0 Å². The molecule has 0 spiro atoms. The molecule has 33 heavy (non-hydrogen) atoms. The van der Waals surface area contributed by atoms with Crippen molar-refractivity contribution in [2.24, 2.45) is 0 Å². The van der Waals surface area contributed by atoms with Crippen molar-refractivity contribution in [1.29, 1.82) is 0 Å². The van der Waals surface area contributed by atoms with E-state index < -0.39 is 0 Å². The van der Waals surface area contributed by atoms with Crippen LogP contribution in [-0.4, -0.2) is 12.6 Å². The first kappa shape index (κ1) is 33.0. The molecule has 1 unspecified atom stereocenters. The minimum absolute atomic E-state index is 0.791. The van der Waals surface area contributed by atoms with Crippen LogP contribution in [0.15, 0.2) is 0 Å². The molecule has 1 heteroatoms. The number of hydrogen-bond acceptors (Lipinski definition) is 1. The maximum Gasteiger partial charge on any atom is 0.00670 e. The van der Waals surface area contributed by atoms with Gasteiger partial charge in [-0.1, -0.05) is 175 Å². The van der Waals surface area contributed by atoms with Crippen LogP contribution in [0.4, 0.5) is 0 Å². The summed E-state index contributed by atoms with van der Waals surface area (Å²) >= 11 is 0. The second-order valence-corrected chi connectivity index (χ2v) is 11.0. The number of rotatable bonds is 29. The molecule has 0 rings (SSSR count). The Hall–Kier alpha value is -0.0400. The van der Waals surface area contributed by atoms with Crippen LogP contribution in [0, 0.1) is 0 Å². The summed E-state index contributed by atoms with van der Waals surface area (Å²) in [6, 6.07) is 0.791. The Kier molecular flexibility index (Phi) is 30.0. The van der Waals surface area contributed by atoms with Crippen LogP contribution in [-0.2, 0) is 0 Å². The lowest BCUT2D eigenvalue weighted by Crippen LogP contribution is -2.30. The molecule has 0 aromatic carbocycles. The van der Waals surface area contributed by atoms with Crippen molar-refractivity contribution < 1.29 is 0 Å². The zero-order valence-corrected chi connectivity index (χ0v) is 23.9. The van der Waals surface area contributed by atoms with E-state index in [0.29, 0.717) is 0 Å². The Labute approximate surface area is 212 Å². The van der Waals surface area contributed by atoms with E-state index in [2.05, 4.69) is 26.1 Å². The Balaban J connectivity index is 3.82. The highest BCUT2D eigenvalue weighted by Crippen LogP contribution is 2.16. The molecule has 0 amide bonds. The van der Waals surface area contributed by atoms with Crippen molar-refractivity contribution in [1.82, 2.24) is 5.32 Å². The van der Waals surface area contributed by atoms with Gasteiger partial charge >= 0.3 is 0 Å². The Morgan fingerprint density at radius 2 is 0.606 bits per heavy atom. The van der Waals surface area contributed by atoms with E-state index in [9.17, 15) is 0 Å². The fourth-order valence-electron chi connectivity index (χ4n) is 5.14. The van der Waals surface area contributed by atoms with Crippen LogP contribution in [0.2, 0.25) is 0 Å². The second-order valence-electron chi connectivity index (χ2n) is 11.0. The van der Waals surface area contributed by atoms with Crippen LogP contribution in [0.1, 0.15) is 194 Å². The van der Waals surface area contributed by atoms with Gasteiger partial charge in [-0.2, -0.15) is 0 Å². The summed E-state index contributed by atoms with van der Waals surface area (Å²) < 4.78 is 0. The first-order chi connectivity index (χ1) is 16.3. The highest BCUT2D eigenvalue weighted by atomic mass is 14.9. The van der Waals surface area contributed by atoms with E-state index in [0.717, 1.165) is 6.04 Å². The molecule has 0 aliphatic carbocycles. The molecule has 1 nitrogen and oxygen atoms in total. The van der Waals surface area contributed by atoms with Crippen molar-refractivity contribution in [2.45, 2.75) is 200 Å². The quantitative estimate of drug-likeness (QED) is 0.108. The normalized spacial score (nSPS) is 12.5. The van der Waals surface area contributed by atoms with Crippen LogP contribution >= 0.6 is 0 Å². The minimum atomic E-state index is 0.791. The van der Waals surface area contributed by atoms with Gasteiger partial charge in [0.1, 0.15) is 0 Å². The van der Waals surface area contributed by atoms with Gasteiger partial charge in [0.15, 0.2) is 0 Å². The highest BCUT2D eigenvalue weighted by Gasteiger charge is 2.08. The second kappa shape index (κ2) is 30.0. The van der Waals surface area contributed by atoms with Gasteiger partial charge in [-0.15, -0.1) is 0 Å². The monoisotopic (exact) mass is 466 g/mol. The van der Waals surface area contributed by atoms with Gasteiger partial charge in [-0.05, 0) is 25.8 Å². The van der Waals surface area contributed by atoms with Crippen molar-refractivity contribution in [2.75, 3.05) is 6.54 Å². The lowest BCUT2D eigenvalue weighted by atomic mass is 9.99. The molecule has 0 bridgehead atoms. The van der Waals surface area contributed by atoms with Gasteiger partial charge in [0.05, 0.1) is 0 Å².